The standard InChI is InChI=1S/C21H22N2O2/c24-19-18-12-7-13-23(18)21(20(25)22-19,14-16-8-3-1-4-9-16)15-17-10-5-2-6-11-17/h1-6,8-11,18H,7,12-15H2,(H,22,24,25)/t18-/m0/s1. The van der Waals surface area contributed by atoms with Gasteiger partial charge in [0.2, 0.25) is 11.8 Å². The molecule has 2 heterocycles. The van der Waals surface area contributed by atoms with Gasteiger partial charge in [-0.25, -0.2) is 0 Å². The molecule has 0 bridgehead atoms. The predicted octanol–water partition coefficient (Wildman–Crippen LogP) is 2.33. The van der Waals surface area contributed by atoms with E-state index in [2.05, 4.69) is 34.5 Å². The van der Waals surface area contributed by atoms with Crippen LogP contribution in [-0.2, 0) is 22.4 Å². The van der Waals surface area contributed by atoms with E-state index in [0.29, 0.717) is 12.8 Å². The molecule has 0 saturated carbocycles. The van der Waals surface area contributed by atoms with Crippen LogP contribution in [0.25, 0.3) is 0 Å². The van der Waals surface area contributed by atoms with E-state index in [0.717, 1.165) is 30.5 Å². The molecule has 2 amide bonds. The van der Waals surface area contributed by atoms with Crippen LogP contribution in [0.2, 0.25) is 0 Å². The van der Waals surface area contributed by atoms with Crippen LogP contribution in [0.3, 0.4) is 0 Å². The van der Waals surface area contributed by atoms with Crippen molar-refractivity contribution in [3.63, 3.8) is 0 Å². The third-order valence-electron chi connectivity index (χ3n) is 5.44. The van der Waals surface area contributed by atoms with Crippen LogP contribution in [0, 0.1) is 0 Å². The van der Waals surface area contributed by atoms with Gasteiger partial charge in [0.1, 0.15) is 5.54 Å². The van der Waals surface area contributed by atoms with E-state index in [-0.39, 0.29) is 17.9 Å². The van der Waals surface area contributed by atoms with Crippen molar-refractivity contribution in [1.82, 2.24) is 10.2 Å². The van der Waals surface area contributed by atoms with E-state index in [4.69, 9.17) is 0 Å². The van der Waals surface area contributed by atoms with Gasteiger partial charge in [-0.1, -0.05) is 60.7 Å². The maximum Gasteiger partial charge on any atom is 0.247 e. The molecule has 2 aliphatic heterocycles. The number of benzene rings is 2. The number of rotatable bonds is 4. The van der Waals surface area contributed by atoms with Gasteiger partial charge in [0.25, 0.3) is 0 Å². The molecule has 4 nitrogen and oxygen atoms in total. The van der Waals surface area contributed by atoms with E-state index in [9.17, 15) is 9.59 Å². The summed E-state index contributed by atoms with van der Waals surface area (Å²) >= 11 is 0. The Hall–Kier alpha value is -2.46. The summed E-state index contributed by atoms with van der Waals surface area (Å²) in [7, 11) is 0. The molecule has 25 heavy (non-hydrogen) atoms. The monoisotopic (exact) mass is 334 g/mol. The van der Waals surface area contributed by atoms with Crippen LogP contribution in [0.15, 0.2) is 60.7 Å². The summed E-state index contributed by atoms with van der Waals surface area (Å²) in [5.41, 5.74) is 1.53. The van der Waals surface area contributed by atoms with Crippen molar-refractivity contribution in [3.8, 4) is 0 Å². The van der Waals surface area contributed by atoms with Crippen LogP contribution < -0.4 is 5.32 Å². The third-order valence-corrected chi connectivity index (χ3v) is 5.44. The van der Waals surface area contributed by atoms with Gasteiger partial charge in [0.15, 0.2) is 0 Å². The number of nitrogens with zero attached hydrogens (tertiary/aromatic N) is 1. The molecule has 0 unspecified atom stereocenters. The van der Waals surface area contributed by atoms with Crippen molar-refractivity contribution in [2.24, 2.45) is 0 Å². The second-order valence-corrected chi connectivity index (χ2v) is 7.03. The van der Waals surface area contributed by atoms with E-state index in [1.165, 1.54) is 0 Å². The van der Waals surface area contributed by atoms with Gasteiger partial charge >= 0.3 is 0 Å². The Morgan fingerprint density at radius 3 is 2.04 bits per heavy atom. The third kappa shape index (κ3) is 2.87. The Kier molecular flexibility index (Phi) is 4.14. The van der Waals surface area contributed by atoms with Gasteiger partial charge in [-0.3, -0.25) is 19.8 Å². The zero-order chi connectivity index (χ0) is 17.3. The minimum absolute atomic E-state index is 0.140. The van der Waals surface area contributed by atoms with Crippen molar-refractivity contribution >= 4 is 11.8 Å². The summed E-state index contributed by atoms with van der Waals surface area (Å²) in [6.45, 7) is 0.795. The molecule has 2 saturated heterocycles. The highest BCUT2D eigenvalue weighted by Gasteiger charge is 2.54. The van der Waals surface area contributed by atoms with Crippen molar-refractivity contribution in [2.45, 2.75) is 37.3 Å². The van der Waals surface area contributed by atoms with Crippen LogP contribution in [0.5, 0.6) is 0 Å². The summed E-state index contributed by atoms with van der Waals surface area (Å²) < 4.78 is 0. The van der Waals surface area contributed by atoms with E-state index < -0.39 is 5.54 Å². The van der Waals surface area contributed by atoms with Gasteiger partial charge in [-0.15, -0.1) is 0 Å². The first-order valence-corrected chi connectivity index (χ1v) is 8.89. The number of nitrogens with one attached hydrogen (secondary N) is 1. The molecule has 1 N–H and O–H groups in total. The highest BCUT2D eigenvalue weighted by atomic mass is 16.2. The lowest BCUT2D eigenvalue weighted by Crippen LogP contribution is -2.70. The van der Waals surface area contributed by atoms with Crippen LogP contribution in [0.1, 0.15) is 24.0 Å². The maximum atomic E-state index is 13.1. The van der Waals surface area contributed by atoms with Gasteiger partial charge < -0.3 is 0 Å². The molecule has 1 atom stereocenters. The Balaban J connectivity index is 1.77. The zero-order valence-electron chi connectivity index (χ0n) is 14.2. The molecule has 128 valence electrons. The topological polar surface area (TPSA) is 49.4 Å². The summed E-state index contributed by atoms with van der Waals surface area (Å²) in [4.78, 5) is 27.6. The van der Waals surface area contributed by atoms with Crippen molar-refractivity contribution < 1.29 is 9.59 Å². The normalized spacial score (nSPS) is 22.5. The Morgan fingerprint density at radius 2 is 1.48 bits per heavy atom. The SMILES string of the molecule is O=C1NC(=O)C(Cc2ccccc2)(Cc2ccccc2)N2CCC[C@@H]12. The molecule has 4 rings (SSSR count). The number of carbonyl (C=O) groups is 2. The fourth-order valence-electron chi connectivity index (χ4n) is 4.29. The lowest BCUT2D eigenvalue weighted by Gasteiger charge is -2.46. The fraction of sp³-hybridized carbons (Fsp3) is 0.333. The van der Waals surface area contributed by atoms with Gasteiger partial charge in [-0.2, -0.15) is 0 Å². The highest BCUT2D eigenvalue weighted by molar-refractivity contribution is 6.05. The number of carbonyl (C=O) groups excluding carboxylic acids is 2. The van der Waals surface area contributed by atoms with E-state index in [1.54, 1.807) is 0 Å². The molecule has 2 aliphatic rings. The molecule has 0 aromatic heterocycles. The molecular weight excluding hydrogens is 312 g/mol. The van der Waals surface area contributed by atoms with E-state index in [1.807, 2.05) is 36.4 Å². The van der Waals surface area contributed by atoms with E-state index >= 15 is 0 Å². The lowest BCUT2D eigenvalue weighted by molar-refractivity contribution is -0.150. The first-order chi connectivity index (χ1) is 12.2. The summed E-state index contributed by atoms with van der Waals surface area (Å²) in [6.07, 6.45) is 3.00. The average Bonchev–Trinajstić information content (AvgIpc) is 3.13. The Bertz CT molecular complexity index is 731. The minimum Gasteiger partial charge on any atom is -0.293 e. The summed E-state index contributed by atoms with van der Waals surface area (Å²) in [6, 6.07) is 20.0. The molecule has 0 radical (unpaired) electrons. The maximum absolute atomic E-state index is 13.1. The molecular formula is C21H22N2O2. The Morgan fingerprint density at radius 1 is 0.920 bits per heavy atom. The smallest absolute Gasteiger partial charge is 0.247 e. The number of hydrogen-bond acceptors (Lipinski definition) is 3. The second kappa shape index (κ2) is 6.45. The van der Waals surface area contributed by atoms with Crippen LogP contribution in [0.4, 0.5) is 0 Å². The average molecular weight is 334 g/mol. The summed E-state index contributed by atoms with van der Waals surface area (Å²) in [5, 5.41) is 2.66. The largest absolute Gasteiger partial charge is 0.293 e. The lowest BCUT2D eigenvalue weighted by atomic mass is 9.80. The Labute approximate surface area is 147 Å². The minimum atomic E-state index is -0.711. The van der Waals surface area contributed by atoms with Crippen molar-refractivity contribution in [3.05, 3.63) is 71.8 Å². The van der Waals surface area contributed by atoms with Crippen molar-refractivity contribution in [2.75, 3.05) is 6.54 Å². The summed E-state index contributed by atoms with van der Waals surface area (Å²) in [5.74, 6) is -0.303. The van der Waals surface area contributed by atoms with Gasteiger partial charge in [-0.05, 0) is 24.0 Å². The molecule has 2 fully saturated rings. The second-order valence-electron chi connectivity index (χ2n) is 7.03. The first-order valence-electron chi connectivity index (χ1n) is 8.89. The van der Waals surface area contributed by atoms with Crippen molar-refractivity contribution in [1.29, 1.82) is 0 Å². The quantitative estimate of drug-likeness (QED) is 0.873. The number of amides is 2. The number of hydrogen-bond donors (Lipinski definition) is 1. The number of fused-ring (bicyclic) bond motifs is 1. The molecule has 4 heteroatoms. The number of piperazine rings is 1. The zero-order valence-corrected chi connectivity index (χ0v) is 14.2. The molecule has 2 aromatic carbocycles. The molecule has 2 aromatic rings. The van der Waals surface area contributed by atoms with Crippen LogP contribution in [-0.4, -0.2) is 34.8 Å². The number of imide groups is 1. The molecule has 0 spiro atoms. The predicted molar refractivity (Wildman–Crippen MR) is 95.9 cm³/mol. The highest BCUT2D eigenvalue weighted by Crippen LogP contribution is 2.36. The fourth-order valence-corrected chi connectivity index (χ4v) is 4.29. The first kappa shape index (κ1) is 16.0. The van der Waals surface area contributed by atoms with Gasteiger partial charge in [0.05, 0.1) is 6.04 Å². The molecule has 0 aliphatic carbocycles. The van der Waals surface area contributed by atoms with Crippen LogP contribution >= 0.6 is 0 Å². The van der Waals surface area contributed by atoms with Gasteiger partial charge in [0, 0.05) is 19.4 Å².